The third-order valence-corrected chi connectivity index (χ3v) is 5.32. The van der Waals surface area contributed by atoms with Crippen molar-refractivity contribution in [3.8, 4) is 0 Å². The minimum atomic E-state index is -3.80. The number of hydrogen-bond donors (Lipinski definition) is 3. The average molecular weight is 379 g/mol. The van der Waals surface area contributed by atoms with E-state index in [-0.39, 0.29) is 10.7 Å². The minimum Gasteiger partial charge on any atom is -0.338 e. The molecule has 0 saturated heterocycles. The minimum absolute atomic E-state index is 0.102. The molecule has 8 nitrogen and oxygen atoms in total. The molecule has 0 aliphatic carbocycles. The number of nitrogens with zero attached hydrogens (tertiary/aromatic N) is 3. The van der Waals surface area contributed by atoms with Crippen LogP contribution < -0.4 is 10.0 Å². The van der Waals surface area contributed by atoms with Crippen LogP contribution in [0, 0.1) is 13.8 Å². The Morgan fingerprint density at radius 2 is 1.72 bits per heavy atom. The van der Waals surface area contributed by atoms with Crippen molar-refractivity contribution in [3.63, 3.8) is 0 Å². The Labute approximate surface area is 149 Å². The van der Waals surface area contributed by atoms with E-state index in [0.29, 0.717) is 27.9 Å². The summed E-state index contributed by atoms with van der Waals surface area (Å²) in [6.45, 7) is 3.25. The van der Waals surface area contributed by atoms with Crippen molar-refractivity contribution < 1.29 is 8.42 Å². The van der Waals surface area contributed by atoms with E-state index in [9.17, 15) is 8.42 Å². The molecule has 0 aliphatic rings. The molecule has 25 heavy (non-hydrogen) atoms. The van der Waals surface area contributed by atoms with Crippen molar-refractivity contribution in [2.45, 2.75) is 18.7 Å². The highest BCUT2D eigenvalue weighted by atomic mass is 35.5. The molecule has 10 heteroatoms. The number of sulfonamides is 1. The highest BCUT2D eigenvalue weighted by Crippen LogP contribution is 2.24. The summed E-state index contributed by atoms with van der Waals surface area (Å²) < 4.78 is 27.3. The van der Waals surface area contributed by atoms with Gasteiger partial charge in [0.1, 0.15) is 4.90 Å². The molecule has 0 spiro atoms. The standard InChI is InChI=1S/C15H15ClN6O2S/c1-9-15(10(2)19-18-9)25(23,24)22-14-8-7-13(20-21-14)17-12-6-4-3-5-11(12)16/h3-8H,1-2H3,(H,17,20)(H,18,19)(H,21,22). The first-order chi connectivity index (χ1) is 11.9. The summed E-state index contributed by atoms with van der Waals surface area (Å²) >= 11 is 6.07. The van der Waals surface area contributed by atoms with Crippen LogP contribution in [0.3, 0.4) is 0 Å². The Morgan fingerprint density at radius 3 is 2.32 bits per heavy atom. The van der Waals surface area contributed by atoms with Crippen LogP contribution in [0.2, 0.25) is 5.02 Å². The van der Waals surface area contributed by atoms with Crippen LogP contribution in [0.15, 0.2) is 41.3 Å². The van der Waals surface area contributed by atoms with Gasteiger partial charge in [-0.3, -0.25) is 9.82 Å². The van der Waals surface area contributed by atoms with Crippen LogP contribution >= 0.6 is 11.6 Å². The zero-order valence-electron chi connectivity index (χ0n) is 13.4. The van der Waals surface area contributed by atoms with Gasteiger partial charge in [-0.25, -0.2) is 8.42 Å². The number of aromatic amines is 1. The molecule has 130 valence electrons. The first-order valence-corrected chi connectivity index (χ1v) is 9.12. The molecule has 2 heterocycles. The lowest BCUT2D eigenvalue weighted by molar-refractivity contribution is 0.600. The van der Waals surface area contributed by atoms with Gasteiger partial charge < -0.3 is 5.32 Å². The third-order valence-electron chi connectivity index (χ3n) is 3.37. The lowest BCUT2D eigenvalue weighted by Gasteiger charge is -2.09. The number of benzene rings is 1. The summed E-state index contributed by atoms with van der Waals surface area (Å²) in [5.41, 5.74) is 1.52. The fraction of sp³-hybridized carbons (Fsp3) is 0.133. The van der Waals surface area contributed by atoms with E-state index in [2.05, 4.69) is 30.4 Å². The maximum Gasteiger partial charge on any atom is 0.266 e. The van der Waals surface area contributed by atoms with Gasteiger partial charge in [-0.05, 0) is 38.1 Å². The first kappa shape index (κ1) is 17.2. The summed E-state index contributed by atoms with van der Waals surface area (Å²) in [4.78, 5) is 0.104. The molecule has 0 fully saturated rings. The van der Waals surface area contributed by atoms with Gasteiger partial charge in [0.05, 0.1) is 22.1 Å². The highest BCUT2D eigenvalue weighted by Gasteiger charge is 2.22. The SMILES string of the molecule is Cc1n[nH]c(C)c1S(=O)(=O)Nc1ccc(Nc2ccccc2Cl)nn1. The van der Waals surface area contributed by atoms with Crippen LogP contribution in [-0.4, -0.2) is 28.8 Å². The van der Waals surface area contributed by atoms with Gasteiger partial charge in [0.15, 0.2) is 11.6 Å². The fourth-order valence-electron chi connectivity index (χ4n) is 2.28. The quantitative estimate of drug-likeness (QED) is 0.629. The smallest absolute Gasteiger partial charge is 0.266 e. The number of para-hydroxylation sites is 1. The van der Waals surface area contributed by atoms with E-state index >= 15 is 0 Å². The van der Waals surface area contributed by atoms with E-state index < -0.39 is 10.0 Å². The number of aromatic nitrogens is 4. The van der Waals surface area contributed by atoms with Crippen LogP contribution in [0.1, 0.15) is 11.4 Å². The number of H-pyrrole nitrogens is 1. The topological polar surface area (TPSA) is 113 Å². The van der Waals surface area contributed by atoms with Gasteiger partial charge in [-0.1, -0.05) is 23.7 Å². The lowest BCUT2D eigenvalue weighted by Crippen LogP contribution is -2.16. The molecular formula is C15H15ClN6O2S. The van der Waals surface area contributed by atoms with E-state index in [0.717, 1.165) is 0 Å². The number of rotatable bonds is 5. The number of nitrogens with one attached hydrogen (secondary N) is 3. The van der Waals surface area contributed by atoms with Crippen molar-refractivity contribution in [1.82, 2.24) is 20.4 Å². The fourth-order valence-corrected chi connectivity index (χ4v) is 3.83. The van der Waals surface area contributed by atoms with Gasteiger partial charge in [0.2, 0.25) is 0 Å². The molecule has 0 atom stereocenters. The number of aryl methyl sites for hydroxylation is 2. The van der Waals surface area contributed by atoms with Gasteiger partial charge in [-0.15, -0.1) is 10.2 Å². The average Bonchev–Trinajstić information content (AvgIpc) is 2.91. The van der Waals surface area contributed by atoms with E-state index in [4.69, 9.17) is 11.6 Å². The van der Waals surface area contributed by atoms with E-state index in [1.807, 2.05) is 12.1 Å². The summed E-state index contributed by atoms with van der Waals surface area (Å²) in [6.07, 6.45) is 0. The zero-order valence-corrected chi connectivity index (χ0v) is 15.0. The van der Waals surface area contributed by atoms with Gasteiger partial charge in [-0.2, -0.15) is 5.10 Å². The molecular weight excluding hydrogens is 364 g/mol. The van der Waals surface area contributed by atoms with Crippen molar-refractivity contribution in [2.75, 3.05) is 10.0 Å². The lowest BCUT2D eigenvalue weighted by atomic mass is 10.3. The van der Waals surface area contributed by atoms with Gasteiger partial charge in [0.25, 0.3) is 10.0 Å². The monoisotopic (exact) mass is 378 g/mol. The molecule has 3 N–H and O–H groups in total. The van der Waals surface area contributed by atoms with Crippen molar-refractivity contribution >= 4 is 38.9 Å². The Bertz CT molecular complexity index is 982. The molecule has 0 unspecified atom stereocenters. The molecule has 3 rings (SSSR count). The van der Waals surface area contributed by atoms with Gasteiger partial charge >= 0.3 is 0 Å². The Hall–Kier alpha value is -2.65. The number of anilines is 3. The van der Waals surface area contributed by atoms with Crippen LogP contribution in [0.4, 0.5) is 17.3 Å². The normalized spacial score (nSPS) is 11.3. The predicted molar refractivity (Wildman–Crippen MR) is 95.6 cm³/mol. The van der Waals surface area contributed by atoms with Crippen LogP contribution in [0.5, 0.6) is 0 Å². The largest absolute Gasteiger partial charge is 0.338 e. The van der Waals surface area contributed by atoms with E-state index in [1.54, 1.807) is 32.0 Å². The second-order valence-corrected chi connectivity index (χ2v) is 7.30. The maximum absolute atomic E-state index is 12.5. The molecule has 0 saturated carbocycles. The van der Waals surface area contributed by atoms with Crippen molar-refractivity contribution in [3.05, 3.63) is 52.8 Å². The molecule has 2 aromatic heterocycles. The molecule has 1 aromatic carbocycles. The number of hydrogen-bond acceptors (Lipinski definition) is 6. The van der Waals surface area contributed by atoms with E-state index in [1.165, 1.54) is 6.07 Å². The second-order valence-electron chi connectivity index (χ2n) is 5.28. The Morgan fingerprint density at radius 1 is 1.04 bits per heavy atom. The van der Waals surface area contributed by atoms with Crippen LogP contribution in [-0.2, 0) is 10.0 Å². The zero-order chi connectivity index (χ0) is 18.0. The van der Waals surface area contributed by atoms with Crippen molar-refractivity contribution in [2.24, 2.45) is 0 Å². The maximum atomic E-state index is 12.5. The number of halogens is 1. The van der Waals surface area contributed by atoms with Gasteiger partial charge in [0, 0.05) is 0 Å². The molecule has 0 radical (unpaired) electrons. The summed E-state index contributed by atoms with van der Waals surface area (Å²) in [5, 5.41) is 17.9. The Kier molecular flexibility index (Phi) is 4.60. The summed E-state index contributed by atoms with van der Waals surface area (Å²) in [6, 6.07) is 10.3. The second kappa shape index (κ2) is 6.69. The van der Waals surface area contributed by atoms with Crippen LogP contribution in [0.25, 0.3) is 0 Å². The predicted octanol–water partition coefficient (Wildman–Crippen LogP) is 3.01. The molecule has 0 aliphatic heterocycles. The molecule has 0 amide bonds. The summed E-state index contributed by atoms with van der Waals surface area (Å²) in [7, 11) is -3.80. The molecule has 0 bridgehead atoms. The Balaban J connectivity index is 1.78. The first-order valence-electron chi connectivity index (χ1n) is 7.26. The highest BCUT2D eigenvalue weighted by molar-refractivity contribution is 7.92. The van der Waals surface area contributed by atoms with Crippen molar-refractivity contribution in [1.29, 1.82) is 0 Å². The summed E-state index contributed by atoms with van der Waals surface area (Å²) in [5.74, 6) is 0.538. The third kappa shape index (κ3) is 3.72. The molecule has 3 aromatic rings.